The molecular formula is C27H25FN6O2. The van der Waals surface area contributed by atoms with Gasteiger partial charge in [-0.1, -0.05) is 30.3 Å². The van der Waals surface area contributed by atoms with Gasteiger partial charge in [0, 0.05) is 43.2 Å². The molecule has 182 valence electrons. The third-order valence-electron chi connectivity index (χ3n) is 6.25. The second-order valence-corrected chi connectivity index (χ2v) is 8.55. The zero-order chi connectivity index (χ0) is 25.1. The van der Waals surface area contributed by atoms with Crippen molar-refractivity contribution < 1.29 is 14.0 Å². The molecule has 2 aromatic carbocycles. The molecule has 36 heavy (non-hydrogen) atoms. The van der Waals surface area contributed by atoms with Gasteiger partial charge in [-0.2, -0.15) is 5.10 Å². The predicted octanol–water partition coefficient (Wildman–Crippen LogP) is 4.39. The third-order valence-corrected chi connectivity index (χ3v) is 6.25. The lowest BCUT2D eigenvalue weighted by Gasteiger charge is -2.28. The number of amides is 3. The first-order chi connectivity index (χ1) is 17.5. The average molecular weight is 485 g/mol. The summed E-state index contributed by atoms with van der Waals surface area (Å²) in [6.07, 6.45) is 3.87. The molecule has 0 unspecified atom stereocenters. The number of benzene rings is 2. The number of hydrogen-bond acceptors (Lipinski definition) is 4. The molecule has 0 atom stereocenters. The van der Waals surface area contributed by atoms with Crippen LogP contribution >= 0.6 is 0 Å². The Bertz CT molecular complexity index is 1390. The second kappa shape index (κ2) is 9.99. The van der Waals surface area contributed by atoms with Gasteiger partial charge in [-0.25, -0.2) is 9.18 Å². The maximum absolute atomic E-state index is 14.5. The van der Waals surface area contributed by atoms with Crippen molar-refractivity contribution in [2.45, 2.75) is 19.5 Å². The van der Waals surface area contributed by atoms with Gasteiger partial charge in [0.2, 0.25) is 0 Å². The van der Waals surface area contributed by atoms with Gasteiger partial charge < -0.3 is 15.1 Å². The fraction of sp³-hybridized carbons (Fsp3) is 0.185. The van der Waals surface area contributed by atoms with Crippen molar-refractivity contribution in [2.24, 2.45) is 7.05 Å². The highest BCUT2D eigenvalue weighted by molar-refractivity contribution is 6.06. The number of fused-ring (bicyclic) bond motifs is 1. The van der Waals surface area contributed by atoms with Crippen molar-refractivity contribution in [3.05, 3.63) is 107 Å². The molecule has 0 bridgehead atoms. The van der Waals surface area contributed by atoms with Crippen molar-refractivity contribution in [3.63, 3.8) is 0 Å². The summed E-state index contributed by atoms with van der Waals surface area (Å²) in [5.74, 6) is -1.04. The molecule has 9 heteroatoms. The fourth-order valence-corrected chi connectivity index (χ4v) is 4.43. The van der Waals surface area contributed by atoms with Crippen LogP contribution in [-0.4, -0.2) is 38.1 Å². The van der Waals surface area contributed by atoms with E-state index in [4.69, 9.17) is 5.10 Å². The van der Waals surface area contributed by atoms with E-state index in [9.17, 15) is 14.0 Å². The van der Waals surface area contributed by atoms with Crippen molar-refractivity contribution in [2.75, 3.05) is 16.8 Å². The minimum Gasteiger partial charge on any atom is -0.320 e. The number of anilines is 2. The van der Waals surface area contributed by atoms with Gasteiger partial charge in [-0.3, -0.25) is 14.5 Å². The summed E-state index contributed by atoms with van der Waals surface area (Å²) in [6.45, 7) is 1.02. The maximum Gasteiger partial charge on any atom is 0.322 e. The van der Waals surface area contributed by atoms with Crippen LogP contribution in [-0.2, 0) is 26.6 Å². The van der Waals surface area contributed by atoms with Gasteiger partial charge in [-0.05, 0) is 36.4 Å². The van der Waals surface area contributed by atoms with Crippen molar-refractivity contribution >= 4 is 23.3 Å². The number of nitrogens with one attached hydrogen (secondary N) is 1. The molecule has 8 nitrogen and oxygen atoms in total. The van der Waals surface area contributed by atoms with Crippen LogP contribution in [0.2, 0.25) is 0 Å². The Morgan fingerprint density at radius 3 is 2.58 bits per heavy atom. The van der Waals surface area contributed by atoms with Gasteiger partial charge in [-0.15, -0.1) is 0 Å². The van der Waals surface area contributed by atoms with Crippen LogP contribution < -0.4 is 10.2 Å². The molecule has 5 rings (SSSR count). The van der Waals surface area contributed by atoms with Crippen LogP contribution in [0.15, 0.2) is 79.1 Å². The monoisotopic (exact) mass is 484 g/mol. The number of hydrogen-bond donors (Lipinski definition) is 1. The van der Waals surface area contributed by atoms with E-state index < -0.39 is 11.7 Å². The van der Waals surface area contributed by atoms with E-state index in [2.05, 4.69) is 10.3 Å². The van der Waals surface area contributed by atoms with Gasteiger partial charge in [0.1, 0.15) is 5.82 Å². The minimum atomic E-state index is -0.579. The number of carbonyl (C=O) groups is 2. The maximum atomic E-state index is 14.5. The number of nitrogens with zero attached hydrogens (tertiary/aromatic N) is 5. The molecule has 1 N–H and O–H groups in total. The smallest absolute Gasteiger partial charge is 0.320 e. The summed E-state index contributed by atoms with van der Waals surface area (Å²) in [6, 6.07) is 18.4. The lowest BCUT2D eigenvalue weighted by atomic mass is 10.0. The number of carbonyl (C=O) groups excluding carboxylic acids is 2. The number of rotatable bonds is 5. The molecule has 1 aliphatic rings. The lowest BCUT2D eigenvalue weighted by Crippen LogP contribution is -2.39. The number of aromatic nitrogens is 3. The molecule has 3 amide bonds. The Balaban J connectivity index is 1.44. The Morgan fingerprint density at radius 2 is 1.83 bits per heavy atom. The molecule has 4 aromatic rings. The first-order valence-electron chi connectivity index (χ1n) is 11.6. The Labute approximate surface area is 208 Å². The van der Waals surface area contributed by atoms with Crippen LogP contribution in [0.25, 0.3) is 0 Å². The van der Waals surface area contributed by atoms with Gasteiger partial charge in [0.05, 0.1) is 36.2 Å². The van der Waals surface area contributed by atoms with E-state index in [0.717, 1.165) is 11.3 Å². The van der Waals surface area contributed by atoms with E-state index in [1.54, 1.807) is 46.2 Å². The van der Waals surface area contributed by atoms with Crippen molar-refractivity contribution in [1.29, 1.82) is 0 Å². The molecule has 0 saturated carbocycles. The van der Waals surface area contributed by atoms with Crippen LogP contribution in [0, 0.1) is 5.82 Å². The number of para-hydroxylation sites is 1. The van der Waals surface area contributed by atoms with Crippen molar-refractivity contribution in [3.8, 4) is 0 Å². The highest BCUT2D eigenvalue weighted by Crippen LogP contribution is 2.27. The van der Waals surface area contributed by atoms with E-state index >= 15 is 0 Å². The third kappa shape index (κ3) is 4.68. The molecule has 0 spiro atoms. The second-order valence-electron chi connectivity index (χ2n) is 8.55. The van der Waals surface area contributed by atoms with Crippen LogP contribution in [0.4, 0.5) is 20.6 Å². The summed E-state index contributed by atoms with van der Waals surface area (Å²) >= 11 is 0. The van der Waals surface area contributed by atoms with Gasteiger partial charge in [0.15, 0.2) is 0 Å². The molecule has 0 aliphatic carbocycles. The van der Waals surface area contributed by atoms with Gasteiger partial charge >= 0.3 is 6.03 Å². The largest absolute Gasteiger partial charge is 0.322 e. The highest BCUT2D eigenvalue weighted by atomic mass is 19.1. The zero-order valence-corrected chi connectivity index (χ0v) is 19.8. The first kappa shape index (κ1) is 23.2. The molecular weight excluding hydrogens is 459 g/mol. The SMILES string of the molecule is Cn1nc(CN(C(=O)c2ccccc2F)c2ccccc2)c2c1CCN(C(=O)Nc1cccnc1)C2. The Morgan fingerprint density at radius 1 is 1.06 bits per heavy atom. The zero-order valence-electron chi connectivity index (χ0n) is 19.8. The highest BCUT2D eigenvalue weighted by Gasteiger charge is 2.29. The average Bonchev–Trinajstić information content (AvgIpc) is 3.22. The molecule has 2 aromatic heterocycles. The number of urea groups is 1. The van der Waals surface area contributed by atoms with Gasteiger partial charge in [0.25, 0.3) is 5.91 Å². The Hall–Kier alpha value is -4.53. The summed E-state index contributed by atoms with van der Waals surface area (Å²) in [5, 5.41) is 7.57. The Kier molecular flexibility index (Phi) is 6.44. The van der Waals surface area contributed by atoms with E-state index in [0.29, 0.717) is 36.6 Å². The van der Waals surface area contributed by atoms with E-state index in [1.165, 1.54) is 17.0 Å². The molecule has 0 saturated heterocycles. The first-order valence-corrected chi connectivity index (χ1v) is 11.6. The molecule has 0 fully saturated rings. The lowest BCUT2D eigenvalue weighted by molar-refractivity contribution is 0.0980. The summed E-state index contributed by atoms with van der Waals surface area (Å²) in [4.78, 5) is 33.7. The standard InChI is InChI=1S/C27H25FN6O2/c1-32-25-13-15-33(27(36)30-19-8-7-14-29-16-19)17-22(25)24(31-32)18-34(20-9-3-2-4-10-20)26(35)21-11-5-6-12-23(21)28/h2-12,14,16H,13,15,17-18H2,1H3,(H,30,36). The van der Waals surface area contributed by atoms with E-state index in [1.807, 2.05) is 37.4 Å². The topological polar surface area (TPSA) is 83.4 Å². The summed E-state index contributed by atoms with van der Waals surface area (Å²) in [7, 11) is 1.86. The van der Waals surface area contributed by atoms with Crippen LogP contribution in [0.5, 0.6) is 0 Å². The van der Waals surface area contributed by atoms with Crippen LogP contribution in [0.3, 0.4) is 0 Å². The summed E-state index contributed by atoms with van der Waals surface area (Å²) < 4.78 is 16.3. The minimum absolute atomic E-state index is 0.0105. The fourth-order valence-electron chi connectivity index (χ4n) is 4.43. The number of pyridine rings is 1. The number of halogens is 1. The quantitative estimate of drug-likeness (QED) is 0.455. The molecule has 1 aliphatic heterocycles. The molecule has 3 heterocycles. The number of aryl methyl sites for hydroxylation is 1. The predicted molar refractivity (Wildman–Crippen MR) is 134 cm³/mol. The van der Waals surface area contributed by atoms with E-state index in [-0.39, 0.29) is 18.1 Å². The van der Waals surface area contributed by atoms with Crippen molar-refractivity contribution in [1.82, 2.24) is 19.7 Å². The summed E-state index contributed by atoms with van der Waals surface area (Å²) in [5.41, 5.74) is 3.82. The molecule has 0 radical (unpaired) electrons. The van der Waals surface area contributed by atoms with Crippen LogP contribution in [0.1, 0.15) is 27.3 Å². The normalized spacial score (nSPS) is 12.7.